The highest BCUT2D eigenvalue weighted by molar-refractivity contribution is 6.05. The summed E-state index contributed by atoms with van der Waals surface area (Å²) in [5.74, 6) is -1.07. The van der Waals surface area contributed by atoms with E-state index in [1.165, 1.54) is 0 Å². The Kier molecular flexibility index (Phi) is 4.73. The Morgan fingerprint density at radius 1 is 1.21 bits per heavy atom. The Morgan fingerprint density at radius 3 is 2.79 bits per heavy atom. The van der Waals surface area contributed by atoms with Crippen LogP contribution in [0.5, 0.6) is 0 Å². The lowest BCUT2D eigenvalue weighted by atomic mass is 10.1. The molecule has 0 bridgehead atoms. The van der Waals surface area contributed by atoms with Crippen molar-refractivity contribution in [1.29, 1.82) is 0 Å². The molecule has 2 aliphatic heterocycles. The van der Waals surface area contributed by atoms with Gasteiger partial charge in [-0.3, -0.25) is 9.59 Å². The van der Waals surface area contributed by atoms with Crippen molar-refractivity contribution in [2.75, 3.05) is 28.7 Å². The van der Waals surface area contributed by atoms with Gasteiger partial charge in [0.15, 0.2) is 6.61 Å². The maximum atomic E-state index is 12.3. The van der Waals surface area contributed by atoms with Crippen LogP contribution in [0.1, 0.15) is 28.8 Å². The van der Waals surface area contributed by atoms with Gasteiger partial charge in [-0.15, -0.1) is 0 Å². The van der Waals surface area contributed by atoms with Crippen LogP contribution >= 0.6 is 0 Å². The summed E-state index contributed by atoms with van der Waals surface area (Å²) in [4.78, 5) is 38.6. The van der Waals surface area contributed by atoms with Crippen LogP contribution < -0.4 is 15.5 Å². The molecule has 2 aliphatic rings. The predicted molar refractivity (Wildman–Crippen MR) is 106 cm³/mol. The zero-order valence-corrected chi connectivity index (χ0v) is 15.5. The minimum Gasteiger partial charge on any atom is -0.452 e. The maximum absolute atomic E-state index is 12.3. The highest BCUT2D eigenvalue weighted by atomic mass is 16.5. The highest BCUT2D eigenvalue weighted by Gasteiger charge is 2.36. The second kappa shape index (κ2) is 7.34. The molecule has 2 aromatic carbocycles. The first-order valence-corrected chi connectivity index (χ1v) is 9.26. The SMILES string of the molecule is Cc1ccc(NC(=O)COC(=O)c2ccc3c(c2)NC(=O)C2CCCN32)cc1. The standard InChI is InChI=1S/C21H21N3O4/c1-13-4-7-15(8-5-13)22-19(25)12-28-21(27)14-6-9-17-16(11-14)23-20(26)18-3-2-10-24(17)18/h4-9,11,18H,2-3,10,12H2,1H3,(H,22,25)(H,23,26). The summed E-state index contributed by atoms with van der Waals surface area (Å²) in [6.45, 7) is 2.40. The summed E-state index contributed by atoms with van der Waals surface area (Å²) in [5.41, 5.74) is 3.53. The number of carbonyl (C=O) groups is 3. The van der Waals surface area contributed by atoms with Gasteiger partial charge in [-0.2, -0.15) is 0 Å². The Balaban J connectivity index is 1.39. The zero-order chi connectivity index (χ0) is 19.7. The van der Waals surface area contributed by atoms with E-state index in [4.69, 9.17) is 4.74 Å². The number of ether oxygens (including phenoxy) is 1. The minimum absolute atomic E-state index is 0.0482. The van der Waals surface area contributed by atoms with Crippen molar-refractivity contribution in [2.45, 2.75) is 25.8 Å². The predicted octanol–water partition coefficient (Wildman–Crippen LogP) is 2.71. The van der Waals surface area contributed by atoms with Crippen molar-refractivity contribution < 1.29 is 19.1 Å². The number of nitrogens with zero attached hydrogens (tertiary/aromatic N) is 1. The fourth-order valence-corrected chi connectivity index (χ4v) is 3.61. The molecule has 1 fully saturated rings. The number of hydrogen-bond donors (Lipinski definition) is 2. The van der Waals surface area contributed by atoms with E-state index in [9.17, 15) is 14.4 Å². The molecular weight excluding hydrogens is 358 g/mol. The van der Waals surface area contributed by atoms with Gasteiger partial charge in [0, 0.05) is 12.2 Å². The number of esters is 1. The number of hydrogen-bond acceptors (Lipinski definition) is 5. The van der Waals surface area contributed by atoms with E-state index in [-0.39, 0.29) is 18.6 Å². The number of benzene rings is 2. The van der Waals surface area contributed by atoms with E-state index in [0.29, 0.717) is 16.9 Å². The molecular formula is C21H21N3O4. The van der Waals surface area contributed by atoms with Crippen molar-refractivity contribution in [3.8, 4) is 0 Å². The van der Waals surface area contributed by atoms with Crippen LogP contribution in [-0.4, -0.2) is 37.0 Å². The van der Waals surface area contributed by atoms with Gasteiger partial charge >= 0.3 is 5.97 Å². The smallest absolute Gasteiger partial charge is 0.338 e. The number of carbonyl (C=O) groups excluding carboxylic acids is 3. The average Bonchev–Trinajstić information content (AvgIpc) is 3.18. The van der Waals surface area contributed by atoms with Gasteiger partial charge in [-0.05, 0) is 50.1 Å². The van der Waals surface area contributed by atoms with Crippen LogP contribution in [0.15, 0.2) is 42.5 Å². The first-order valence-electron chi connectivity index (χ1n) is 9.26. The zero-order valence-electron chi connectivity index (χ0n) is 15.5. The fourth-order valence-electron chi connectivity index (χ4n) is 3.61. The number of aryl methyl sites for hydroxylation is 1. The number of nitrogens with one attached hydrogen (secondary N) is 2. The monoisotopic (exact) mass is 379 g/mol. The third kappa shape index (κ3) is 3.55. The summed E-state index contributed by atoms with van der Waals surface area (Å²) in [6, 6.07) is 12.3. The molecule has 2 aromatic rings. The molecule has 0 aliphatic carbocycles. The molecule has 1 atom stereocenters. The van der Waals surface area contributed by atoms with Crippen LogP contribution in [0, 0.1) is 6.92 Å². The molecule has 1 unspecified atom stereocenters. The number of fused-ring (bicyclic) bond motifs is 3. The molecule has 2 heterocycles. The number of amides is 2. The first kappa shape index (κ1) is 18.0. The van der Waals surface area contributed by atoms with Crippen molar-refractivity contribution >= 4 is 34.8 Å². The Bertz CT molecular complexity index is 939. The quantitative estimate of drug-likeness (QED) is 0.798. The van der Waals surface area contributed by atoms with Crippen LogP contribution in [0.25, 0.3) is 0 Å². The van der Waals surface area contributed by atoms with E-state index in [0.717, 1.165) is 30.6 Å². The molecule has 144 valence electrons. The van der Waals surface area contributed by atoms with Gasteiger partial charge in [-0.1, -0.05) is 17.7 Å². The Hall–Kier alpha value is -3.35. The van der Waals surface area contributed by atoms with Crippen LogP contribution in [0.3, 0.4) is 0 Å². The lowest BCUT2D eigenvalue weighted by Crippen LogP contribution is -2.43. The molecule has 4 rings (SSSR count). The molecule has 0 saturated carbocycles. The van der Waals surface area contributed by atoms with E-state index in [2.05, 4.69) is 15.5 Å². The lowest BCUT2D eigenvalue weighted by Gasteiger charge is -2.33. The van der Waals surface area contributed by atoms with Gasteiger partial charge in [-0.25, -0.2) is 4.79 Å². The first-order chi connectivity index (χ1) is 13.5. The largest absolute Gasteiger partial charge is 0.452 e. The van der Waals surface area contributed by atoms with Gasteiger partial charge < -0.3 is 20.3 Å². The third-order valence-electron chi connectivity index (χ3n) is 5.02. The van der Waals surface area contributed by atoms with E-state index >= 15 is 0 Å². The van der Waals surface area contributed by atoms with Crippen molar-refractivity contribution in [3.05, 3.63) is 53.6 Å². The Morgan fingerprint density at radius 2 is 2.00 bits per heavy atom. The lowest BCUT2D eigenvalue weighted by molar-refractivity contribution is -0.119. The van der Waals surface area contributed by atoms with Crippen LogP contribution in [-0.2, 0) is 14.3 Å². The normalized spacial score (nSPS) is 17.4. The minimum atomic E-state index is -0.611. The second-order valence-electron chi connectivity index (χ2n) is 7.06. The topological polar surface area (TPSA) is 87.7 Å². The molecule has 0 spiro atoms. The van der Waals surface area contributed by atoms with Crippen molar-refractivity contribution in [2.24, 2.45) is 0 Å². The third-order valence-corrected chi connectivity index (χ3v) is 5.02. The van der Waals surface area contributed by atoms with Crippen LogP contribution in [0.4, 0.5) is 17.1 Å². The van der Waals surface area contributed by atoms with E-state index in [1.807, 2.05) is 25.1 Å². The summed E-state index contributed by atoms with van der Waals surface area (Å²) in [6.07, 6.45) is 1.81. The van der Waals surface area contributed by atoms with Gasteiger partial charge in [0.2, 0.25) is 5.91 Å². The molecule has 0 aromatic heterocycles. The average molecular weight is 379 g/mol. The molecule has 28 heavy (non-hydrogen) atoms. The summed E-state index contributed by atoms with van der Waals surface area (Å²) >= 11 is 0. The van der Waals surface area contributed by atoms with E-state index < -0.39 is 11.9 Å². The summed E-state index contributed by atoms with van der Waals surface area (Å²) < 4.78 is 5.11. The fraction of sp³-hybridized carbons (Fsp3) is 0.286. The molecule has 2 N–H and O–H groups in total. The molecule has 0 radical (unpaired) electrons. The summed E-state index contributed by atoms with van der Waals surface area (Å²) in [7, 11) is 0. The molecule has 7 nitrogen and oxygen atoms in total. The second-order valence-corrected chi connectivity index (χ2v) is 7.06. The highest BCUT2D eigenvalue weighted by Crippen LogP contribution is 2.37. The van der Waals surface area contributed by atoms with Crippen molar-refractivity contribution in [1.82, 2.24) is 0 Å². The Labute approximate surface area is 162 Å². The van der Waals surface area contributed by atoms with Gasteiger partial charge in [0.05, 0.1) is 16.9 Å². The molecule has 1 saturated heterocycles. The van der Waals surface area contributed by atoms with Crippen molar-refractivity contribution in [3.63, 3.8) is 0 Å². The van der Waals surface area contributed by atoms with Gasteiger partial charge in [0.25, 0.3) is 5.91 Å². The number of anilines is 3. The molecule has 2 amide bonds. The molecule has 7 heteroatoms. The van der Waals surface area contributed by atoms with E-state index in [1.54, 1.807) is 24.3 Å². The van der Waals surface area contributed by atoms with Gasteiger partial charge in [0.1, 0.15) is 6.04 Å². The van der Waals surface area contributed by atoms with Crippen LogP contribution in [0.2, 0.25) is 0 Å². The maximum Gasteiger partial charge on any atom is 0.338 e. The summed E-state index contributed by atoms with van der Waals surface area (Å²) in [5, 5.41) is 5.54. The number of rotatable bonds is 4.